The molecule has 0 aromatic carbocycles. The highest BCUT2D eigenvalue weighted by atomic mass is 16.5. The van der Waals surface area contributed by atoms with Crippen molar-refractivity contribution < 1.29 is 9.53 Å². The molecule has 0 unspecified atom stereocenters. The molecule has 3 atom stereocenters. The number of pyridine rings is 1. The number of hydrogen-bond donors (Lipinski definition) is 1. The Morgan fingerprint density at radius 1 is 1.12 bits per heavy atom. The molecule has 2 aromatic rings. The van der Waals surface area contributed by atoms with Crippen molar-refractivity contribution in [3.8, 4) is 0 Å². The summed E-state index contributed by atoms with van der Waals surface area (Å²) < 4.78 is 6.08. The van der Waals surface area contributed by atoms with Gasteiger partial charge in [-0.15, -0.1) is 0 Å². The topological polar surface area (TPSA) is 80.2 Å². The molecule has 1 amide bonds. The van der Waals surface area contributed by atoms with Crippen molar-refractivity contribution in [1.29, 1.82) is 0 Å². The molecule has 2 aliphatic rings. The molecule has 0 radical (unpaired) electrons. The second kappa shape index (κ2) is 7.14. The van der Waals surface area contributed by atoms with E-state index in [1.807, 2.05) is 24.3 Å². The van der Waals surface area contributed by atoms with E-state index in [1.54, 1.807) is 18.6 Å². The van der Waals surface area contributed by atoms with Crippen LogP contribution >= 0.6 is 0 Å². The third-order valence-electron chi connectivity index (χ3n) is 4.82. The van der Waals surface area contributed by atoms with Crippen LogP contribution in [0, 0.1) is 0 Å². The van der Waals surface area contributed by atoms with E-state index in [4.69, 9.17) is 4.74 Å². The Morgan fingerprint density at radius 3 is 2.76 bits per heavy atom. The Kier molecular flexibility index (Phi) is 4.56. The monoisotopic (exact) mass is 339 g/mol. The molecular weight excluding hydrogens is 318 g/mol. The van der Waals surface area contributed by atoms with E-state index in [0.29, 0.717) is 13.0 Å². The summed E-state index contributed by atoms with van der Waals surface area (Å²) in [4.78, 5) is 27.5. The van der Waals surface area contributed by atoms with Gasteiger partial charge in [-0.3, -0.25) is 9.78 Å². The van der Waals surface area contributed by atoms with Gasteiger partial charge in [-0.2, -0.15) is 0 Å². The Labute approximate surface area is 146 Å². The molecule has 2 aliphatic heterocycles. The quantitative estimate of drug-likeness (QED) is 0.905. The first kappa shape index (κ1) is 16.0. The number of carbonyl (C=O) groups is 1. The summed E-state index contributed by atoms with van der Waals surface area (Å²) in [5.41, 5.74) is 0.845. The first-order valence-corrected chi connectivity index (χ1v) is 8.68. The van der Waals surface area contributed by atoms with Gasteiger partial charge in [0.1, 0.15) is 6.10 Å². The summed E-state index contributed by atoms with van der Waals surface area (Å²) in [6, 6.07) is 7.73. The van der Waals surface area contributed by atoms with E-state index in [9.17, 15) is 4.79 Å². The molecule has 7 heteroatoms. The van der Waals surface area contributed by atoms with Crippen molar-refractivity contribution >= 4 is 11.9 Å². The summed E-state index contributed by atoms with van der Waals surface area (Å²) >= 11 is 0. The second-order valence-electron chi connectivity index (χ2n) is 6.38. The minimum Gasteiger partial charge on any atom is -0.363 e. The number of amides is 1. The number of hydrogen-bond acceptors (Lipinski definition) is 6. The van der Waals surface area contributed by atoms with Crippen molar-refractivity contribution in [2.75, 3.05) is 11.4 Å². The molecule has 2 aromatic heterocycles. The van der Waals surface area contributed by atoms with Gasteiger partial charge in [0.2, 0.25) is 11.9 Å². The van der Waals surface area contributed by atoms with Crippen LogP contribution in [-0.2, 0) is 16.1 Å². The van der Waals surface area contributed by atoms with Crippen LogP contribution in [0.1, 0.15) is 25.0 Å². The van der Waals surface area contributed by atoms with Crippen molar-refractivity contribution in [2.24, 2.45) is 0 Å². The standard InChI is InChI=1S/C18H21N5O2/c24-17(22-12-13-4-1-2-8-19-13)16-6-5-14-15(25-16)7-11-23(14)18-20-9-3-10-21-18/h1-4,8-10,14-16H,5-7,11-12H2,(H,22,24)/t14-,15-,16-/m0/s1. The molecule has 25 heavy (non-hydrogen) atoms. The maximum Gasteiger partial charge on any atom is 0.249 e. The second-order valence-corrected chi connectivity index (χ2v) is 6.38. The lowest BCUT2D eigenvalue weighted by atomic mass is 9.98. The van der Waals surface area contributed by atoms with E-state index in [-0.39, 0.29) is 24.2 Å². The van der Waals surface area contributed by atoms with Crippen LogP contribution < -0.4 is 10.2 Å². The normalized spacial score (nSPS) is 25.4. The molecule has 2 saturated heterocycles. The van der Waals surface area contributed by atoms with Crippen LogP contribution in [0.3, 0.4) is 0 Å². The highest BCUT2D eigenvalue weighted by Gasteiger charge is 2.42. The van der Waals surface area contributed by atoms with Gasteiger partial charge in [-0.25, -0.2) is 9.97 Å². The fourth-order valence-corrected chi connectivity index (χ4v) is 3.60. The Balaban J connectivity index is 1.33. The van der Waals surface area contributed by atoms with Gasteiger partial charge in [0, 0.05) is 25.1 Å². The molecular formula is C18H21N5O2. The number of fused-ring (bicyclic) bond motifs is 1. The molecule has 4 rings (SSSR count). The first-order chi connectivity index (χ1) is 12.3. The van der Waals surface area contributed by atoms with Crippen LogP contribution in [0.4, 0.5) is 5.95 Å². The molecule has 2 fully saturated rings. The van der Waals surface area contributed by atoms with Crippen molar-refractivity contribution in [3.05, 3.63) is 48.5 Å². The zero-order valence-electron chi connectivity index (χ0n) is 13.9. The molecule has 7 nitrogen and oxygen atoms in total. The maximum absolute atomic E-state index is 12.4. The van der Waals surface area contributed by atoms with Crippen molar-refractivity contribution in [2.45, 2.75) is 44.1 Å². The van der Waals surface area contributed by atoms with E-state index in [0.717, 1.165) is 31.0 Å². The molecule has 130 valence electrons. The number of rotatable bonds is 4. The molecule has 0 bridgehead atoms. The van der Waals surface area contributed by atoms with Crippen molar-refractivity contribution in [1.82, 2.24) is 20.3 Å². The van der Waals surface area contributed by atoms with Crippen LogP contribution in [-0.4, -0.2) is 45.7 Å². The fourth-order valence-electron chi connectivity index (χ4n) is 3.60. The van der Waals surface area contributed by atoms with Gasteiger partial charge in [-0.05, 0) is 37.5 Å². The highest BCUT2D eigenvalue weighted by Crippen LogP contribution is 2.33. The Hall–Kier alpha value is -2.54. The van der Waals surface area contributed by atoms with Crippen LogP contribution in [0.25, 0.3) is 0 Å². The SMILES string of the molecule is O=C(NCc1ccccn1)[C@@H]1CC[C@H]2[C@H](CCN2c2ncccn2)O1. The van der Waals surface area contributed by atoms with E-state index in [1.165, 1.54) is 0 Å². The number of nitrogens with one attached hydrogen (secondary N) is 1. The first-order valence-electron chi connectivity index (χ1n) is 8.68. The van der Waals surface area contributed by atoms with E-state index >= 15 is 0 Å². The third-order valence-corrected chi connectivity index (χ3v) is 4.82. The molecule has 0 aliphatic carbocycles. The smallest absolute Gasteiger partial charge is 0.249 e. The van der Waals surface area contributed by atoms with Gasteiger partial charge < -0.3 is 15.0 Å². The number of anilines is 1. The van der Waals surface area contributed by atoms with E-state index in [2.05, 4.69) is 25.2 Å². The van der Waals surface area contributed by atoms with Gasteiger partial charge in [-0.1, -0.05) is 6.07 Å². The summed E-state index contributed by atoms with van der Waals surface area (Å²) in [7, 11) is 0. The van der Waals surface area contributed by atoms with Gasteiger partial charge in [0.05, 0.1) is 24.4 Å². The lowest BCUT2D eigenvalue weighted by molar-refractivity contribution is -0.141. The number of aromatic nitrogens is 3. The Bertz CT molecular complexity index is 712. The number of carbonyl (C=O) groups excluding carboxylic acids is 1. The summed E-state index contributed by atoms with van der Waals surface area (Å²) in [5, 5.41) is 2.93. The lowest BCUT2D eigenvalue weighted by Gasteiger charge is -2.35. The van der Waals surface area contributed by atoms with Gasteiger partial charge in [0.15, 0.2) is 0 Å². The third kappa shape index (κ3) is 3.46. The summed E-state index contributed by atoms with van der Waals surface area (Å²) in [6.45, 7) is 1.29. The molecule has 0 saturated carbocycles. The predicted octanol–water partition coefficient (Wildman–Crippen LogP) is 1.31. The van der Waals surface area contributed by atoms with Gasteiger partial charge >= 0.3 is 0 Å². The van der Waals surface area contributed by atoms with Crippen LogP contribution in [0.15, 0.2) is 42.9 Å². The van der Waals surface area contributed by atoms with Crippen molar-refractivity contribution in [3.63, 3.8) is 0 Å². The zero-order chi connectivity index (χ0) is 17.1. The molecule has 1 N–H and O–H groups in total. The minimum atomic E-state index is -0.387. The highest BCUT2D eigenvalue weighted by molar-refractivity contribution is 5.80. The molecule has 4 heterocycles. The number of nitrogens with zero attached hydrogens (tertiary/aromatic N) is 4. The lowest BCUT2D eigenvalue weighted by Crippen LogP contribution is -2.48. The zero-order valence-corrected chi connectivity index (χ0v) is 13.9. The molecule has 0 spiro atoms. The van der Waals surface area contributed by atoms with Gasteiger partial charge in [0.25, 0.3) is 0 Å². The maximum atomic E-state index is 12.4. The average molecular weight is 339 g/mol. The average Bonchev–Trinajstić information content (AvgIpc) is 3.11. The minimum absolute atomic E-state index is 0.0569. The van der Waals surface area contributed by atoms with Crippen LogP contribution in [0.2, 0.25) is 0 Å². The predicted molar refractivity (Wildman–Crippen MR) is 91.8 cm³/mol. The Morgan fingerprint density at radius 2 is 1.96 bits per heavy atom. The summed E-state index contributed by atoms with van der Waals surface area (Å²) in [6.07, 6.45) is 7.42. The largest absolute Gasteiger partial charge is 0.363 e. The number of ether oxygens (including phenoxy) is 1. The fraction of sp³-hybridized carbons (Fsp3) is 0.444. The summed E-state index contributed by atoms with van der Waals surface area (Å²) in [5.74, 6) is 0.690. The van der Waals surface area contributed by atoms with Crippen LogP contribution in [0.5, 0.6) is 0 Å². The van der Waals surface area contributed by atoms with E-state index < -0.39 is 0 Å².